The average Bonchev–Trinajstić information content (AvgIpc) is 2.25. The van der Waals surface area contributed by atoms with Crippen LogP contribution in [0.15, 0.2) is 34.7 Å². The van der Waals surface area contributed by atoms with E-state index in [1.54, 1.807) is 17.8 Å². The van der Waals surface area contributed by atoms with Gasteiger partial charge in [-0.05, 0) is 17.7 Å². The molecule has 1 aromatic rings. The van der Waals surface area contributed by atoms with Gasteiger partial charge in [0, 0.05) is 9.64 Å². The second kappa shape index (κ2) is 5.74. The van der Waals surface area contributed by atoms with E-state index in [-0.39, 0.29) is 10.3 Å². The van der Waals surface area contributed by atoms with Crippen molar-refractivity contribution < 1.29 is 9.90 Å². The summed E-state index contributed by atoms with van der Waals surface area (Å²) in [4.78, 5) is 11.8. The van der Waals surface area contributed by atoms with Crippen LogP contribution in [0.2, 0.25) is 0 Å². The van der Waals surface area contributed by atoms with Gasteiger partial charge < -0.3 is 5.11 Å². The van der Waals surface area contributed by atoms with Crippen LogP contribution in [0.4, 0.5) is 0 Å². The Balaban J connectivity index is 3.18. The van der Waals surface area contributed by atoms with Crippen LogP contribution in [0.3, 0.4) is 0 Å². The summed E-state index contributed by atoms with van der Waals surface area (Å²) in [5.74, 6) is -1.20. The fourth-order valence-electron chi connectivity index (χ4n) is 1.32. The molecule has 0 aromatic heterocycles. The van der Waals surface area contributed by atoms with Gasteiger partial charge in [-0.15, -0.1) is 11.8 Å². The molecule has 3 nitrogen and oxygen atoms in total. The van der Waals surface area contributed by atoms with Crippen molar-refractivity contribution in [2.24, 2.45) is 0 Å². The zero-order valence-electron chi connectivity index (χ0n) is 10.6. The Hall–Kier alpha value is -1.73. The maximum absolute atomic E-state index is 10.8. The highest BCUT2D eigenvalue weighted by Gasteiger charge is 2.15. The van der Waals surface area contributed by atoms with Crippen LogP contribution in [-0.4, -0.2) is 15.8 Å². The molecule has 0 bridgehead atoms. The fourth-order valence-corrected chi connectivity index (χ4v) is 2.37. The van der Waals surface area contributed by atoms with Crippen molar-refractivity contribution >= 4 is 23.8 Å². The van der Waals surface area contributed by atoms with E-state index in [0.29, 0.717) is 0 Å². The predicted octanol–water partition coefficient (Wildman–Crippen LogP) is 3.57. The van der Waals surface area contributed by atoms with E-state index >= 15 is 0 Å². The Labute approximate surface area is 111 Å². The number of carbonyl (C=O) groups is 1. The Kier molecular flexibility index (Phi) is 4.57. The largest absolute Gasteiger partial charge is 0.477 e. The standard InChI is InChI=1S/C14H15NO2S/c1-14(2,3)18-12-7-5-4-6-10(12)8-11(9-15)13(16)17/h4-8H,1-3H3,(H,16,17)/b11-8+. The molecule has 0 aliphatic heterocycles. The number of carboxylic acid groups (broad SMARTS) is 1. The molecule has 18 heavy (non-hydrogen) atoms. The molecule has 0 radical (unpaired) electrons. The minimum atomic E-state index is -1.20. The summed E-state index contributed by atoms with van der Waals surface area (Å²) >= 11 is 1.64. The lowest BCUT2D eigenvalue weighted by Gasteiger charge is -2.18. The lowest BCUT2D eigenvalue weighted by Crippen LogP contribution is -2.07. The number of carboxylic acids is 1. The highest BCUT2D eigenvalue weighted by atomic mass is 32.2. The number of hydrogen-bond donors (Lipinski definition) is 1. The topological polar surface area (TPSA) is 61.1 Å². The maximum atomic E-state index is 10.8. The summed E-state index contributed by atoms with van der Waals surface area (Å²) < 4.78 is 0.0278. The molecular formula is C14H15NO2S. The van der Waals surface area contributed by atoms with Crippen LogP contribution in [0.5, 0.6) is 0 Å². The predicted molar refractivity (Wildman–Crippen MR) is 73.3 cm³/mol. The number of rotatable bonds is 3. The van der Waals surface area contributed by atoms with Crippen LogP contribution < -0.4 is 0 Å². The van der Waals surface area contributed by atoms with Gasteiger partial charge >= 0.3 is 5.97 Å². The van der Waals surface area contributed by atoms with E-state index < -0.39 is 5.97 Å². The zero-order valence-corrected chi connectivity index (χ0v) is 11.4. The molecule has 0 atom stereocenters. The molecule has 0 heterocycles. The number of aliphatic carboxylic acids is 1. The van der Waals surface area contributed by atoms with Gasteiger partial charge in [-0.2, -0.15) is 5.26 Å². The molecule has 0 unspecified atom stereocenters. The highest BCUT2D eigenvalue weighted by Crippen LogP contribution is 2.34. The number of nitrogens with zero attached hydrogens (tertiary/aromatic N) is 1. The molecule has 0 saturated carbocycles. The Morgan fingerprint density at radius 1 is 1.39 bits per heavy atom. The van der Waals surface area contributed by atoms with Gasteiger partial charge in [0.05, 0.1) is 0 Å². The van der Waals surface area contributed by atoms with Crippen molar-refractivity contribution in [2.75, 3.05) is 0 Å². The van der Waals surface area contributed by atoms with Gasteiger partial charge in [0.2, 0.25) is 0 Å². The van der Waals surface area contributed by atoms with Gasteiger partial charge in [-0.3, -0.25) is 0 Å². The van der Waals surface area contributed by atoms with Crippen LogP contribution >= 0.6 is 11.8 Å². The second-order valence-electron chi connectivity index (χ2n) is 4.73. The quantitative estimate of drug-likeness (QED) is 0.513. The third-order valence-corrected chi connectivity index (χ3v) is 3.19. The van der Waals surface area contributed by atoms with Crippen molar-refractivity contribution in [1.29, 1.82) is 5.26 Å². The Bertz CT molecular complexity index is 521. The minimum absolute atomic E-state index is 0.0278. The molecule has 4 heteroatoms. The molecule has 1 N–H and O–H groups in total. The Morgan fingerprint density at radius 2 is 2.00 bits per heavy atom. The van der Waals surface area contributed by atoms with E-state index in [1.807, 2.05) is 24.3 Å². The highest BCUT2D eigenvalue weighted by molar-refractivity contribution is 8.00. The fraction of sp³-hybridized carbons (Fsp3) is 0.286. The van der Waals surface area contributed by atoms with Crippen LogP contribution in [-0.2, 0) is 4.79 Å². The van der Waals surface area contributed by atoms with Crippen molar-refractivity contribution in [3.05, 3.63) is 35.4 Å². The third-order valence-electron chi connectivity index (χ3n) is 1.99. The minimum Gasteiger partial charge on any atom is -0.477 e. The molecule has 0 spiro atoms. The zero-order chi connectivity index (χ0) is 13.8. The first-order valence-electron chi connectivity index (χ1n) is 5.46. The summed E-state index contributed by atoms with van der Waals surface area (Å²) in [5.41, 5.74) is 0.508. The van der Waals surface area contributed by atoms with E-state index in [4.69, 9.17) is 10.4 Å². The van der Waals surface area contributed by atoms with Crippen LogP contribution in [0, 0.1) is 11.3 Å². The number of benzene rings is 1. The third kappa shape index (κ3) is 4.27. The summed E-state index contributed by atoms with van der Waals surface area (Å²) in [6.07, 6.45) is 1.41. The SMILES string of the molecule is CC(C)(C)Sc1ccccc1/C=C(\C#N)C(=O)O. The number of hydrogen-bond acceptors (Lipinski definition) is 3. The van der Waals surface area contributed by atoms with Gasteiger partial charge in [-0.25, -0.2) is 4.79 Å². The molecule has 0 amide bonds. The normalized spacial score (nSPS) is 12.0. The molecule has 94 valence electrons. The molecule has 1 rings (SSSR count). The summed E-state index contributed by atoms with van der Waals surface area (Å²) in [6, 6.07) is 9.17. The first-order valence-corrected chi connectivity index (χ1v) is 6.28. The van der Waals surface area contributed by atoms with Gasteiger partial charge in [0.15, 0.2) is 0 Å². The summed E-state index contributed by atoms with van der Waals surface area (Å²) in [6.45, 7) is 6.25. The summed E-state index contributed by atoms with van der Waals surface area (Å²) in [7, 11) is 0. The Morgan fingerprint density at radius 3 is 2.50 bits per heavy atom. The number of nitriles is 1. The molecule has 0 saturated heterocycles. The summed E-state index contributed by atoms with van der Waals surface area (Å²) in [5, 5.41) is 17.6. The van der Waals surface area contributed by atoms with E-state index in [0.717, 1.165) is 10.5 Å². The van der Waals surface area contributed by atoms with Gasteiger partial charge in [0.1, 0.15) is 11.6 Å². The lowest BCUT2D eigenvalue weighted by atomic mass is 10.1. The van der Waals surface area contributed by atoms with E-state index in [1.165, 1.54) is 6.08 Å². The molecule has 0 aliphatic carbocycles. The number of thioether (sulfide) groups is 1. The maximum Gasteiger partial charge on any atom is 0.346 e. The van der Waals surface area contributed by atoms with E-state index in [9.17, 15) is 4.79 Å². The monoisotopic (exact) mass is 261 g/mol. The van der Waals surface area contributed by atoms with Gasteiger partial charge in [-0.1, -0.05) is 39.0 Å². The van der Waals surface area contributed by atoms with Crippen LogP contribution in [0.1, 0.15) is 26.3 Å². The van der Waals surface area contributed by atoms with Gasteiger partial charge in [0.25, 0.3) is 0 Å². The van der Waals surface area contributed by atoms with E-state index in [2.05, 4.69) is 20.8 Å². The smallest absolute Gasteiger partial charge is 0.346 e. The van der Waals surface area contributed by atoms with Crippen molar-refractivity contribution in [3.63, 3.8) is 0 Å². The molecule has 1 aromatic carbocycles. The van der Waals surface area contributed by atoms with Crippen molar-refractivity contribution in [3.8, 4) is 6.07 Å². The van der Waals surface area contributed by atoms with Crippen molar-refractivity contribution in [1.82, 2.24) is 0 Å². The lowest BCUT2D eigenvalue weighted by molar-refractivity contribution is -0.132. The first-order chi connectivity index (χ1) is 8.33. The molecule has 0 fully saturated rings. The first kappa shape index (κ1) is 14.3. The second-order valence-corrected chi connectivity index (χ2v) is 6.60. The van der Waals surface area contributed by atoms with Crippen molar-refractivity contribution in [2.45, 2.75) is 30.4 Å². The molecular weight excluding hydrogens is 246 g/mol. The molecule has 0 aliphatic rings. The van der Waals surface area contributed by atoms with Crippen LogP contribution in [0.25, 0.3) is 6.08 Å². The average molecular weight is 261 g/mol.